The summed E-state index contributed by atoms with van der Waals surface area (Å²) in [5.74, 6) is 0. The number of sulfonamides is 1. The van der Waals surface area contributed by atoms with E-state index in [1.165, 1.54) is 12.8 Å². The molecule has 1 unspecified atom stereocenters. The third-order valence-electron chi connectivity index (χ3n) is 4.18. The average Bonchev–Trinajstić information content (AvgIpc) is 2.99. The van der Waals surface area contributed by atoms with Crippen LogP contribution in [0.1, 0.15) is 30.9 Å². The summed E-state index contributed by atoms with van der Waals surface area (Å²) in [6, 6.07) is 5.33. The minimum atomic E-state index is -3.47. The average molecular weight is 311 g/mol. The maximum Gasteiger partial charge on any atom is 0.240 e. The van der Waals surface area contributed by atoms with E-state index in [-0.39, 0.29) is 6.04 Å². The van der Waals surface area contributed by atoms with E-state index in [0.717, 1.165) is 24.2 Å². The van der Waals surface area contributed by atoms with Gasteiger partial charge in [-0.2, -0.15) is 0 Å². The van der Waals surface area contributed by atoms with E-state index < -0.39 is 10.0 Å². The van der Waals surface area contributed by atoms with Gasteiger partial charge in [0.1, 0.15) is 0 Å². The summed E-state index contributed by atoms with van der Waals surface area (Å²) >= 11 is 0. The van der Waals surface area contributed by atoms with E-state index >= 15 is 0 Å². The molecule has 1 fully saturated rings. The van der Waals surface area contributed by atoms with Crippen LogP contribution in [0.15, 0.2) is 23.1 Å². The number of hydrogen-bond donors (Lipinski definition) is 2. The Bertz CT molecular complexity index is 581. The van der Waals surface area contributed by atoms with Gasteiger partial charge in [-0.15, -0.1) is 0 Å². The van der Waals surface area contributed by atoms with Gasteiger partial charge in [0.15, 0.2) is 0 Å². The molecule has 1 aromatic carbocycles. The molecule has 0 radical (unpaired) electrons. The van der Waals surface area contributed by atoms with Gasteiger partial charge in [-0.1, -0.05) is 6.07 Å². The SMILES string of the molecule is Cc1ccc(S(=O)(=O)NCC(C)N2CCCC2)cc1CN. The summed E-state index contributed by atoms with van der Waals surface area (Å²) in [6.07, 6.45) is 2.41. The van der Waals surface area contributed by atoms with Gasteiger partial charge in [0.2, 0.25) is 10.0 Å². The Hall–Kier alpha value is -0.950. The highest BCUT2D eigenvalue weighted by atomic mass is 32.2. The highest BCUT2D eigenvalue weighted by molar-refractivity contribution is 7.89. The molecule has 0 amide bonds. The fourth-order valence-corrected chi connectivity index (χ4v) is 3.83. The summed E-state index contributed by atoms with van der Waals surface area (Å²) in [4.78, 5) is 2.62. The van der Waals surface area contributed by atoms with Crippen LogP contribution in [0.4, 0.5) is 0 Å². The Balaban J connectivity index is 2.04. The largest absolute Gasteiger partial charge is 0.326 e. The van der Waals surface area contributed by atoms with Crippen LogP contribution in [0, 0.1) is 6.92 Å². The molecule has 0 saturated carbocycles. The molecule has 1 aliphatic heterocycles. The van der Waals surface area contributed by atoms with Crippen molar-refractivity contribution in [3.8, 4) is 0 Å². The van der Waals surface area contributed by atoms with Crippen molar-refractivity contribution < 1.29 is 8.42 Å². The first kappa shape index (κ1) is 16.4. The van der Waals surface area contributed by atoms with Crippen LogP contribution < -0.4 is 10.5 Å². The van der Waals surface area contributed by atoms with Crippen molar-refractivity contribution in [1.82, 2.24) is 9.62 Å². The topological polar surface area (TPSA) is 75.4 Å². The Labute approximate surface area is 127 Å². The van der Waals surface area contributed by atoms with Gasteiger partial charge in [0.05, 0.1) is 4.90 Å². The van der Waals surface area contributed by atoms with E-state index in [0.29, 0.717) is 18.0 Å². The normalized spacial score (nSPS) is 18.0. The maximum atomic E-state index is 12.4. The molecule has 6 heteroatoms. The van der Waals surface area contributed by atoms with E-state index in [1.54, 1.807) is 18.2 Å². The highest BCUT2D eigenvalue weighted by Gasteiger charge is 2.21. The van der Waals surface area contributed by atoms with Crippen molar-refractivity contribution in [2.24, 2.45) is 5.73 Å². The van der Waals surface area contributed by atoms with Crippen molar-refractivity contribution in [3.05, 3.63) is 29.3 Å². The lowest BCUT2D eigenvalue weighted by Crippen LogP contribution is -2.40. The number of nitrogens with one attached hydrogen (secondary N) is 1. The Morgan fingerprint density at radius 1 is 1.33 bits per heavy atom. The van der Waals surface area contributed by atoms with Crippen LogP contribution in [-0.4, -0.2) is 39.0 Å². The van der Waals surface area contributed by atoms with Crippen molar-refractivity contribution in [1.29, 1.82) is 0 Å². The summed E-state index contributed by atoms with van der Waals surface area (Å²) < 4.78 is 27.4. The molecular formula is C15H25N3O2S. The molecule has 21 heavy (non-hydrogen) atoms. The van der Waals surface area contributed by atoms with E-state index in [4.69, 9.17) is 5.73 Å². The maximum absolute atomic E-state index is 12.4. The van der Waals surface area contributed by atoms with Crippen LogP contribution in [0.3, 0.4) is 0 Å². The fraction of sp³-hybridized carbons (Fsp3) is 0.600. The van der Waals surface area contributed by atoms with Gasteiger partial charge in [-0.05, 0) is 63.0 Å². The molecule has 5 nitrogen and oxygen atoms in total. The van der Waals surface area contributed by atoms with Crippen molar-refractivity contribution >= 4 is 10.0 Å². The van der Waals surface area contributed by atoms with Gasteiger partial charge in [-0.3, -0.25) is 4.90 Å². The molecule has 2 rings (SSSR count). The molecule has 0 bridgehead atoms. The van der Waals surface area contributed by atoms with Gasteiger partial charge < -0.3 is 5.73 Å². The lowest BCUT2D eigenvalue weighted by Gasteiger charge is -2.23. The third kappa shape index (κ3) is 4.03. The van der Waals surface area contributed by atoms with Crippen LogP contribution in [0.2, 0.25) is 0 Å². The van der Waals surface area contributed by atoms with E-state index in [9.17, 15) is 8.42 Å². The van der Waals surface area contributed by atoms with Gasteiger partial charge in [0, 0.05) is 19.1 Å². The van der Waals surface area contributed by atoms with Crippen LogP contribution in [0.25, 0.3) is 0 Å². The number of likely N-dealkylation sites (tertiary alicyclic amines) is 1. The second kappa shape index (κ2) is 6.87. The molecule has 1 aromatic rings. The molecule has 0 spiro atoms. The zero-order valence-corrected chi connectivity index (χ0v) is 13.6. The molecule has 1 saturated heterocycles. The molecule has 1 heterocycles. The van der Waals surface area contributed by atoms with Crippen molar-refractivity contribution in [2.45, 2.75) is 44.2 Å². The summed E-state index contributed by atoms with van der Waals surface area (Å²) in [5, 5.41) is 0. The number of benzene rings is 1. The van der Waals surface area contributed by atoms with Gasteiger partial charge in [-0.25, -0.2) is 13.1 Å². The number of hydrogen-bond acceptors (Lipinski definition) is 4. The second-order valence-electron chi connectivity index (χ2n) is 5.74. The summed E-state index contributed by atoms with van der Waals surface area (Å²) in [5.41, 5.74) is 7.53. The first-order valence-electron chi connectivity index (χ1n) is 7.47. The lowest BCUT2D eigenvalue weighted by atomic mass is 10.1. The quantitative estimate of drug-likeness (QED) is 0.828. The molecule has 1 atom stereocenters. The van der Waals surface area contributed by atoms with E-state index in [2.05, 4.69) is 16.5 Å². The Morgan fingerprint density at radius 2 is 2.00 bits per heavy atom. The fourth-order valence-electron chi connectivity index (χ4n) is 2.66. The third-order valence-corrected chi connectivity index (χ3v) is 5.60. The predicted octanol–water partition coefficient (Wildman–Crippen LogP) is 1.22. The molecule has 1 aliphatic rings. The zero-order chi connectivity index (χ0) is 15.5. The van der Waals surface area contributed by atoms with Crippen LogP contribution in [-0.2, 0) is 16.6 Å². The van der Waals surface area contributed by atoms with Crippen LogP contribution in [0.5, 0.6) is 0 Å². The van der Waals surface area contributed by atoms with Crippen LogP contribution >= 0.6 is 0 Å². The number of nitrogens with zero attached hydrogens (tertiary/aromatic N) is 1. The van der Waals surface area contributed by atoms with Crippen molar-refractivity contribution in [2.75, 3.05) is 19.6 Å². The molecule has 3 N–H and O–H groups in total. The van der Waals surface area contributed by atoms with E-state index in [1.807, 2.05) is 6.92 Å². The number of nitrogens with two attached hydrogens (primary N) is 1. The molecule has 118 valence electrons. The highest BCUT2D eigenvalue weighted by Crippen LogP contribution is 2.16. The molecular weight excluding hydrogens is 286 g/mol. The second-order valence-corrected chi connectivity index (χ2v) is 7.50. The van der Waals surface area contributed by atoms with Gasteiger partial charge in [0.25, 0.3) is 0 Å². The Morgan fingerprint density at radius 3 is 2.62 bits per heavy atom. The summed E-state index contributed by atoms with van der Waals surface area (Å²) in [7, 11) is -3.47. The minimum Gasteiger partial charge on any atom is -0.326 e. The molecule has 0 aliphatic carbocycles. The lowest BCUT2D eigenvalue weighted by molar-refractivity contribution is 0.260. The minimum absolute atomic E-state index is 0.224. The first-order valence-corrected chi connectivity index (χ1v) is 8.95. The Kier molecular flexibility index (Phi) is 5.37. The monoisotopic (exact) mass is 311 g/mol. The van der Waals surface area contributed by atoms with Crippen molar-refractivity contribution in [3.63, 3.8) is 0 Å². The summed E-state index contributed by atoms with van der Waals surface area (Å²) in [6.45, 7) is 6.90. The smallest absolute Gasteiger partial charge is 0.240 e. The standard InChI is InChI=1S/C15H25N3O2S/c1-12-5-6-15(9-14(12)10-16)21(19,20)17-11-13(2)18-7-3-4-8-18/h5-6,9,13,17H,3-4,7-8,10-11,16H2,1-2H3. The predicted molar refractivity (Wildman–Crippen MR) is 84.5 cm³/mol. The zero-order valence-electron chi connectivity index (χ0n) is 12.8. The van der Waals surface area contributed by atoms with Gasteiger partial charge >= 0.3 is 0 Å². The number of aryl methyl sites for hydroxylation is 1. The molecule has 0 aromatic heterocycles. The first-order chi connectivity index (χ1) is 9.94. The number of rotatable bonds is 6.